The Morgan fingerprint density at radius 2 is 1.77 bits per heavy atom. The van der Waals surface area contributed by atoms with Crippen LogP contribution in [0.1, 0.15) is 38.5 Å². The van der Waals surface area contributed by atoms with Crippen LogP contribution >= 0.6 is 0 Å². The van der Waals surface area contributed by atoms with E-state index in [1.165, 1.54) is 25.7 Å². The summed E-state index contributed by atoms with van der Waals surface area (Å²) in [6, 6.07) is 0. The zero-order chi connectivity index (χ0) is 9.26. The van der Waals surface area contributed by atoms with E-state index in [1.807, 2.05) is 0 Å². The summed E-state index contributed by atoms with van der Waals surface area (Å²) in [4.78, 5) is 11.5. The number of carbonyl (C=O) groups excluding carboxylic acids is 1. The summed E-state index contributed by atoms with van der Waals surface area (Å²) in [6.07, 6.45) is 7.82. The van der Waals surface area contributed by atoms with Crippen molar-refractivity contribution in [3.8, 4) is 0 Å². The van der Waals surface area contributed by atoms with Gasteiger partial charge in [-0.25, -0.2) is 0 Å². The minimum absolute atomic E-state index is 0.275. The normalized spacial score (nSPS) is 38.4. The van der Waals surface area contributed by atoms with Crippen LogP contribution in [0.4, 0.5) is 0 Å². The van der Waals surface area contributed by atoms with Gasteiger partial charge in [0.2, 0.25) is 5.91 Å². The lowest BCUT2D eigenvalue weighted by Gasteiger charge is -2.38. The lowest BCUT2D eigenvalue weighted by atomic mass is 9.68. The van der Waals surface area contributed by atoms with Gasteiger partial charge < -0.3 is 5.32 Å². The van der Waals surface area contributed by atoms with Gasteiger partial charge in [-0.2, -0.15) is 0 Å². The molecule has 0 aromatic rings. The summed E-state index contributed by atoms with van der Waals surface area (Å²) < 4.78 is 0. The third kappa shape index (κ3) is 1.87. The Labute approximate surface area is 80.1 Å². The van der Waals surface area contributed by atoms with Gasteiger partial charge in [0.15, 0.2) is 0 Å². The summed E-state index contributed by atoms with van der Waals surface area (Å²) in [7, 11) is 1.76. The molecule has 13 heavy (non-hydrogen) atoms. The first-order valence-corrected chi connectivity index (χ1v) is 5.51. The quantitative estimate of drug-likeness (QED) is 0.658. The number of carbonyl (C=O) groups is 1. The highest BCUT2D eigenvalue weighted by molar-refractivity contribution is 5.78. The van der Waals surface area contributed by atoms with Gasteiger partial charge in [0.1, 0.15) is 0 Å². The van der Waals surface area contributed by atoms with Crippen LogP contribution in [-0.2, 0) is 4.79 Å². The van der Waals surface area contributed by atoms with Gasteiger partial charge in [-0.1, -0.05) is 19.3 Å². The molecule has 0 spiro atoms. The Balaban J connectivity index is 1.97. The summed E-state index contributed by atoms with van der Waals surface area (Å²) in [5, 5.41) is 2.79. The van der Waals surface area contributed by atoms with Crippen LogP contribution in [0.15, 0.2) is 0 Å². The van der Waals surface area contributed by atoms with E-state index in [0.29, 0.717) is 5.92 Å². The zero-order valence-corrected chi connectivity index (χ0v) is 8.38. The molecule has 0 saturated heterocycles. The first-order chi connectivity index (χ1) is 6.29. The van der Waals surface area contributed by atoms with Gasteiger partial charge in [-0.15, -0.1) is 0 Å². The monoisotopic (exact) mass is 181 g/mol. The number of rotatable bonds is 1. The highest BCUT2D eigenvalue weighted by Gasteiger charge is 2.34. The molecule has 2 fully saturated rings. The molecule has 2 aliphatic carbocycles. The van der Waals surface area contributed by atoms with Gasteiger partial charge in [-0.3, -0.25) is 4.79 Å². The van der Waals surface area contributed by atoms with E-state index >= 15 is 0 Å². The minimum Gasteiger partial charge on any atom is -0.359 e. The largest absolute Gasteiger partial charge is 0.359 e. The Morgan fingerprint density at radius 1 is 1.15 bits per heavy atom. The van der Waals surface area contributed by atoms with E-state index in [9.17, 15) is 4.79 Å². The molecule has 0 aliphatic heterocycles. The van der Waals surface area contributed by atoms with Gasteiger partial charge in [0.25, 0.3) is 0 Å². The van der Waals surface area contributed by atoms with Crippen molar-refractivity contribution < 1.29 is 4.79 Å². The second-order valence-electron chi connectivity index (χ2n) is 4.68. The van der Waals surface area contributed by atoms with E-state index < -0.39 is 0 Å². The molecule has 2 nitrogen and oxygen atoms in total. The number of hydrogen-bond donors (Lipinski definition) is 1. The molecule has 0 aromatic carbocycles. The Bertz CT molecular complexity index is 190. The van der Waals surface area contributed by atoms with Crippen LogP contribution in [0.3, 0.4) is 0 Å². The first-order valence-electron chi connectivity index (χ1n) is 5.51. The van der Waals surface area contributed by atoms with Crippen LogP contribution < -0.4 is 5.32 Å². The first kappa shape index (κ1) is 9.04. The van der Waals surface area contributed by atoms with Crippen LogP contribution in [0.2, 0.25) is 0 Å². The molecule has 1 amide bonds. The molecule has 1 unspecified atom stereocenters. The summed E-state index contributed by atoms with van der Waals surface area (Å²) in [5.74, 6) is 2.32. The third-order valence-electron chi connectivity index (χ3n) is 3.74. The van der Waals surface area contributed by atoms with Crippen molar-refractivity contribution in [2.24, 2.45) is 17.8 Å². The molecule has 0 aromatic heterocycles. The van der Waals surface area contributed by atoms with Crippen molar-refractivity contribution in [1.82, 2.24) is 5.32 Å². The predicted molar refractivity (Wildman–Crippen MR) is 52.2 cm³/mol. The van der Waals surface area contributed by atoms with Crippen molar-refractivity contribution in [2.75, 3.05) is 7.05 Å². The Morgan fingerprint density at radius 3 is 2.31 bits per heavy atom. The number of hydrogen-bond acceptors (Lipinski definition) is 1. The fourth-order valence-corrected chi connectivity index (χ4v) is 3.15. The minimum atomic E-state index is 0.275. The van der Waals surface area contributed by atoms with Crippen LogP contribution in [-0.4, -0.2) is 13.0 Å². The van der Waals surface area contributed by atoms with E-state index in [0.717, 1.165) is 24.7 Å². The molecule has 1 N–H and O–H groups in total. The standard InChI is InChI=1S/C11H19NO/c1-12-11(13)10-6-8-3-2-4-9(5-8)7-10/h8-10H,2-7H2,1H3,(H,12,13)/t8-,9+,10?. The van der Waals surface area contributed by atoms with E-state index in [-0.39, 0.29) is 5.91 Å². The van der Waals surface area contributed by atoms with E-state index in [1.54, 1.807) is 7.05 Å². The van der Waals surface area contributed by atoms with Crippen molar-refractivity contribution in [3.05, 3.63) is 0 Å². The van der Waals surface area contributed by atoms with E-state index in [4.69, 9.17) is 0 Å². The van der Waals surface area contributed by atoms with Gasteiger partial charge in [0.05, 0.1) is 0 Å². The molecule has 2 saturated carbocycles. The summed E-state index contributed by atoms with van der Waals surface area (Å²) in [5.41, 5.74) is 0. The highest BCUT2D eigenvalue weighted by Crippen LogP contribution is 2.42. The smallest absolute Gasteiger partial charge is 0.222 e. The molecule has 2 bridgehead atoms. The topological polar surface area (TPSA) is 29.1 Å². The maximum absolute atomic E-state index is 11.5. The Kier molecular flexibility index (Phi) is 2.56. The van der Waals surface area contributed by atoms with Crippen molar-refractivity contribution in [2.45, 2.75) is 38.5 Å². The molecule has 0 radical (unpaired) electrons. The molecule has 0 heterocycles. The lowest BCUT2D eigenvalue weighted by Crippen LogP contribution is -2.36. The molecular weight excluding hydrogens is 162 g/mol. The maximum Gasteiger partial charge on any atom is 0.222 e. The molecule has 2 aliphatic rings. The van der Waals surface area contributed by atoms with Crippen LogP contribution in [0, 0.1) is 17.8 Å². The zero-order valence-electron chi connectivity index (χ0n) is 8.38. The van der Waals surface area contributed by atoms with Gasteiger partial charge in [0, 0.05) is 13.0 Å². The van der Waals surface area contributed by atoms with E-state index in [2.05, 4.69) is 5.32 Å². The number of nitrogens with one attached hydrogen (secondary N) is 1. The average molecular weight is 181 g/mol. The van der Waals surface area contributed by atoms with Gasteiger partial charge in [-0.05, 0) is 31.1 Å². The number of fused-ring (bicyclic) bond motifs is 2. The summed E-state index contributed by atoms with van der Waals surface area (Å²) in [6.45, 7) is 0. The Hall–Kier alpha value is -0.530. The highest BCUT2D eigenvalue weighted by atomic mass is 16.1. The lowest BCUT2D eigenvalue weighted by molar-refractivity contribution is -0.127. The van der Waals surface area contributed by atoms with Crippen molar-refractivity contribution in [3.63, 3.8) is 0 Å². The van der Waals surface area contributed by atoms with Crippen LogP contribution in [0.25, 0.3) is 0 Å². The predicted octanol–water partition coefficient (Wildman–Crippen LogP) is 1.95. The number of amides is 1. The van der Waals surface area contributed by atoms with Gasteiger partial charge >= 0.3 is 0 Å². The summed E-state index contributed by atoms with van der Waals surface area (Å²) >= 11 is 0. The van der Waals surface area contributed by atoms with Crippen molar-refractivity contribution in [1.29, 1.82) is 0 Å². The fraction of sp³-hybridized carbons (Fsp3) is 0.909. The molecule has 3 atom stereocenters. The third-order valence-corrected chi connectivity index (χ3v) is 3.74. The van der Waals surface area contributed by atoms with Crippen LogP contribution in [0.5, 0.6) is 0 Å². The molecular formula is C11H19NO. The van der Waals surface area contributed by atoms with Crippen molar-refractivity contribution >= 4 is 5.91 Å². The second kappa shape index (κ2) is 3.69. The average Bonchev–Trinajstić information content (AvgIpc) is 2.16. The second-order valence-corrected chi connectivity index (χ2v) is 4.68. The molecule has 74 valence electrons. The molecule has 2 rings (SSSR count). The molecule has 2 heteroatoms. The fourth-order valence-electron chi connectivity index (χ4n) is 3.15. The SMILES string of the molecule is CNC(=O)C1C[C@H]2CCC[C@@H](C1)C2. The maximum atomic E-state index is 11.5.